The SMILES string of the molecule is CCOC(=O)C(O)N1CCN(c2ccc(F)cc2)CC1. The molecule has 1 aromatic rings. The second-order valence-electron chi connectivity index (χ2n) is 4.63. The minimum Gasteiger partial charge on any atom is -0.463 e. The van der Waals surface area contributed by atoms with Crippen LogP contribution in [0.25, 0.3) is 0 Å². The molecule has 1 N–H and O–H groups in total. The van der Waals surface area contributed by atoms with E-state index in [1.54, 1.807) is 24.0 Å². The van der Waals surface area contributed by atoms with Gasteiger partial charge in [0.2, 0.25) is 6.23 Å². The van der Waals surface area contributed by atoms with Crippen LogP contribution in [0.5, 0.6) is 0 Å². The molecule has 110 valence electrons. The summed E-state index contributed by atoms with van der Waals surface area (Å²) in [4.78, 5) is 15.2. The third-order valence-electron chi connectivity index (χ3n) is 3.35. The Bertz CT molecular complexity index is 444. The van der Waals surface area contributed by atoms with E-state index in [0.717, 1.165) is 5.69 Å². The van der Waals surface area contributed by atoms with Gasteiger partial charge < -0.3 is 14.7 Å². The fourth-order valence-electron chi connectivity index (χ4n) is 2.24. The summed E-state index contributed by atoms with van der Waals surface area (Å²) in [6.45, 7) is 4.40. The zero-order valence-corrected chi connectivity index (χ0v) is 11.5. The second-order valence-corrected chi connectivity index (χ2v) is 4.63. The van der Waals surface area contributed by atoms with Crippen LogP contribution in [0.3, 0.4) is 0 Å². The number of aliphatic hydroxyl groups excluding tert-OH is 1. The number of anilines is 1. The number of ether oxygens (including phenoxy) is 1. The van der Waals surface area contributed by atoms with E-state index in [0.29, 0.717) is 26.2 Å². The summed E-state index contributed by atoms with van der Waals surface area (Å²) in [6, 6.07) is 6.31. The molecule has 0 spiro atoms. The second kappa shape index (κ2) is 6.67. The molecule has 1 heterocycles. The summed E-state index contributed by atoms with van der Waals surface area (Å²) < 4.78 is 17.7. The molecule has 1 fully saturated rings. The molecule has 1 atom stereocenters. The molecule has 1 saturated heterocycles. The smallest absolute Gasteiger partial charge is 0.350 e. The standard InChI is InChI=1S/C14H19FN2O3/c1-2-20-14(19)13(18)17-9-7-16(8-10-17)12-5-3-11(15)4-6-12/h3-6,13,18H,2,7-10H2,1H3. The van der Waals surface area contributed by atoms with E-state index in [2.05, 4.69) is 4.90 Å². The minimum absolute atomic E-state index is 0.255. The molecule has 1 aliphatic heterocycles. The summed E-state index contributed by atoms with van der Waals surface area (Å²) >= 11 is 0. The maximum absolute atomic E-state index is 12.9. The number of aliphatic hydroxyl groups is 1. The number of carbonyl (C=O) groups excluding carboxylic acids is 1. The molecule has 1 unspecified atom stereocenters. The van der Waals surface area contributed by atoms with Crippen LogP contribution in [0, 0.1) is 5.82 Å². The van der Waals surface area contributed by atoms with Crippen molar-refractivity contribution in [3.8, 4) is 0 Å². The van der Waals surface area contributed by atoms with Gasteiger partial charge in [-0.25, -0.2) is 9.18 Å². The lowest BCUT2D eigenvalue weighted by atomic mass is 10.2. The summed E-state index contributed by atoms with van der Waals surface area (Å²) in [5.74, 6) is -0.868. The Balaban J connectivity index is 1.89. The van der Waals surface area contributed by atoms with E-state index in [1.807, 2.05) is 0 Å². The van der Waals surface area contributed by atoms with Gasteiger partial charge in [-0.1, -0.05) is 0 Å². The zero-order chi connectivity index (χ0) is 14.5. The van der Waals surface area contributed by atoms with E-state index in [-0.39, 0.29) is 12.4 Å². The average molecular weight is 282 g/mol. The normalized spacial score (nSPS) is 17.9. The molecule has 1 aromatic carbocycles. The van der Waals surface area contributed by atoms with Crippen molar-refractivity contribution in [2.75, 3.05) is 37.7 Å². The first-order valence-electron chi connectivity index (χ1n) is 6.71. The van der Waals surface area contributed by atoms with Crippen LogP contribution in [0.15, 0.2) is 24.3 Å². The molecule has 6 heteroatoms. The number of halogens is 1. The number of hydrogen-bond donors (Lipinski definition) is 1. The Hall–Kier alpha value is -1.66. The lowest BCUT2D eigenvalue weighted by Crippen LogP contribution is -2.53. The van der Waals surface area contributed by atoms with E-state index in [9.17, 15) is 14.3 Å². The van der Waals surface area contributed by atoms with E-state index < -0.39 is 12.2 Å². The van der Waals surface area contributed by atoms with Crippen LogP contribution >= 0.6 is 0 Å². The van der Waals surface area contributed by atoms with Gasteiger partial charge >= 0.3 is 5.97 Å². The van der Waals surface area contributed by atoms with Gasteiger partial charge in [-0.3, -0.25) is 4.90 Å². The predicted octanol–water partition coefficient (Wildman–Crippen LogP) is 0.829. The molecular formula is C14H19FN2O3. The largest absolute Gasteiger partial charge is 0.463 e. The molecule has 0 amide bonds. The van der Waals surface area contributed by atoms with Crippen molar-refractivity contribution in [3.05, 3.63) is 30.1 Å². The Kier molecular flexibility index (Phi) is 4.92. The van der Waals surface area contributed by atoms with Gasteiger partial charge in [-0.15, -0.1) is 0 Å². The molecule has 0 bridgehead atoms. The molecule has 5 nitrogen and oxygen atoms in total. The van der Waals surface area contributed by atoms with Crippen LogP contribution in [0.4, 0.5) is 10.1 Å². The zero-order valence-electron chi connectivity index (χ0n) is 11.5. The summed E-state index contributed by atoms with van der Waals surface area (Å²) in [6.07, 6.45) is -1.20. The number of rotatable bonds is 4. The number of esters is 1. The van der Waals surface area contributed by atoms with Crippen molar-refractivity contribution in [3.63, 3.8) is 0 Å². The Morgan fingerprint density at radius 2 is 1.90 bits per heavy atom. The van der Waals surface area contributed by atoms with Crippen LogP contribution in [0.1, 0.15) is 6.92 Å². The van der Waals surface area contributed by atoms with Crippen LogP contribution < -0.4 is 4.90 Å². The van der Waals surface area contributed by atoms with Gasteiger partial charge in [0.1, 0.15) is 5.82 Å². The van der Waals surface area contributed by atoms with Gasteiger partial charge in [-0.05, 0) is 31.2 Å². The monoisotopic (exact) mass is 282 g/mol. The van der Waals surface area contributed by atoms with Gasteiger partial charge in [-0.2, -0.15) is 0 Å². The van der Waals surface area contributed by atoms with Crippen LogP contribution in [-0.4, -0.2) is 55.0 Å². The average Bonchev–Trinajstić information content (AvgIpc) is 2.48. The maximum Gasteiger partial charge on any atom is 0.350 e. The fraction of sp³-hybridized carbons (Fsp3) is 0.500. The van der Waals surface area contributed by atoms with E-state index >= 15 is 0 Å². The number of nitrogens with zero attached hydrogens (tertiary/aromatic N) is 2. The van der Waals surface area contributed by atoms with Gasteiger partial charge in [0.05, 0.1) is 6.61 Å². The summed E-state index contributed by atoms with van der Waals surface area (Å²) in [5, 5.41) is 9.85. The van der Waals surface area contributed by atoms with Crippen molar-refractivity contribution >= 4 is 11.7 Å². The molecular weight excluding hydrogens is 263 g/mol. The third kappa shape index (κ3) is 3.46. The highest BCUT2D eigenvalue weighted by Gasteiger charge is 2.28. The lowest BCUT2D eigenvalue weighted by molar-refractivity contribution is -0.164. The molecule has 0 aromatic heterocycles. The Labute approximate surface area is 117 Å². The lowest BCUT2D eigenvalue weighted by Gasteiger charge is -2.37. The van der Waals surface area contributed by atoms with Crippen molar-refractivity contribution in [1.29, 1.82) is 0 Å². The van der Waals surface area contributed by atoms with E-state index in [1.165, 1.54) is 12.1 Å². The van der Waals surface area contributed by atoms with Gasteiger partial charge in [0, 0.05) is 31.9 Å². The predicted molar refractivity (Wildman–Crippen MR) is 72.8 cm³/mol. The van der Waals surface area contributed by atoms with Crippen molar-refractivity contribution < 1.29 is 19.0 Å². The molecule has 20 heavy (non-hydrogen) atoms. The Morgan fingerprint density at radius 1 is 1.30 bits per heavy atom. The minimum atomic E-state index is -1.20. The first-order valence-corrected chi connectivity index (χ1v) is 6.71. The quantitative estimate of drug-likeness (QED) is 0.829. The first-order chi connectivity index (χ1) is 9.61. The van der Waals surface area contributed by atoms with Gasteiger partial charge in [0.25, 0.3) is 0 Å². The number of piperazine rings is 1. The topological polar surface area (TPSA) is 53.0 Å². The summed E-state index contributed by atoms with van der Waals surface area (Å²) in [7, 11) is 0. The number of hydrogen-bond acceptors (Lipinski definition) is 5. The van der Waals surface area contributed by atoms with Crippen molar-refractivity contribution in [2.24, 2.45) is 0 Å². The van der Waals surface area contributed by atoms with Crippen molar-refractivity contribution in [2.45, 2.75) is 13.2 Å². The summed E-state index contributed by atoms with van der Waals surface area (Å²) in [5.41, 5.74) is 0.941. The highest BCUT2D eigenvalue weighted by Crippen LogP contribution is 2.17. The highest BCUT2D eigenvalue weighted by molar-refractivity contribution is 5.73. The highest BCUT2D eigenvalue weighted by atomic mass is 19.1. The number of carbonyl (C=O) groups is 1. The Morgan fingerprint density at radius 3 is 2.45 bits per heavy atom. The van der Waals surface area contributed by atoms with Gasteiger partial charge in [0.15, 0.2) is 0 Å². The maximum atomic E-state index is 12.9. The van der Waals surface area contributed by atoms with Crippen LogP contribution in [0.2, 0.25) is 0 Å². The molecule has 0 aliphatic carbocycles. The molecule has 0 saturated carbocycles. The molecule has 1 aliphatic rings. The van der Waals surface area contributed by atoms with E-state index in [4.69, 9.17) is 4.74 Å². The van der Waals surface area contributed by atoms with Crippen molar-refractivity contribution in [1.82, 2.24) is 4.90 Å². The first kappa shape index (κ1) is 14.7. The molecule has 2 rings (SSSR count). The molecule has 0 radical (unpaired) electrons. The number of benzene rings is 1. The fourth-order valence-corrected chi connectivity index (χ4v) is 2.24. The third-order valence-corrected chi connectivity index (χ3v) is 3.35. The van der Waals surface area contributed by atoms with Crippen LogP contribution in [-0.2, 0) is 9.53 Å².